The van der Waals surface area contributed by atoms with Gasteiger partial charge in [0, 0.05) is 48.3 Å². The molecule has 0 aliphatic carbocycles. The zero-order valence-corrected chi connectivity index (χ0v) is 24.8. The zero-order valence-electron chi connectivity index (χ0n) is 24.8. The number of carbonyl (C=O) groups excluding carboxylic acids is 2. The molecule has 0 bridgehead atoms. The molecule has 3 amide bonds. The highest BCUT2D eigenvalue weighted by Crippen LogP contribution is 2.28. The van der Waals surface area contributed by atoms with Crippen molar-refractivity contribution in [3.05, 3.63) is 54.1 Å². The Hall–Kier alpha value is -3.39. The van der Waals surface area contributed by atoms with Crippen molar-refractivity contribution in [2.45, 2.75) is 83.8 Å². The Morgan fingerprint density at radius 3 is 2.37 bits per heavy atom. The van der Waals surface area contributed by atoms with Crippen LogP contribution in [-0.2, 0) is 4.79 Å². The normalized spacial score (nSPS) is 20.3. The smallest absolute Gasteiger partial charge is 0.321 e. The number of aliphatic imine (C=N–C) groups is 1. The number of hydrogen-bond donors (Lipinski definition) is 2. The van der Waals surface area contributed by atoms with Crippen molar-refractivity contribution in [1.29, 1.82) is 0 Å². The average molecular weight is 559 g/mol. The summed E-state index contributed by atoms with van der Waals surface area (Å²) in [6.45, 7) is 9.41. The van der Waals surface area contributed by atoms with E-state index < -0.39 is 12.2 Å². The fraction of sp³-hybridized carbons (Fsp3) is 0.545. The maximum atomic E-state index is 13.6. The van der Waals surface area contributed by atoms with E-state index in [9.17, 15) is 9.59 Å². The number of anilines is 3. The second kappa shape index (κ2) is 14.0. The van der Waals surface area contributed by atoms with Gasteiger partial charge in [0.2, 0.25) is 6.17 Å². The average Bonchev–Trinajstić information content (AvgIpc) is 3.12. The first kappa shape index (κ1) is 29.1. The maximum Gasteiger partial charge on any atom is 0.321 e. The van der Waals surface area contributed by atoms with Crippen molar-refractivity contribution in [1.82, 2.24) is 10.2 Å². The second-order valence-electron chi connectivity index (χ2n) is 11.5. The van der Waals surface area contributed by atoms with Gasteiger partial charge in [-0.2, -0.15) is 0 Å². The number of nitrogens with zero attached hydrogens (tertiary/aromatic N) is 4. The Labute approximate surface area is 245 Å². The fourth-order valence-corrected chi connectivity index (χ4v) is 6.41. The molecule has 1 unspecified atom stereocenters. The standard InChI is InChI=1S/C33H46N6O2/c1-3-5-12-29-28-11-7-8-13-30(28)39(20-4-2)32(40)31(35-29)36-33(41)34-25-14-16-26(17-15-25)38-23-18-27(19-24-38)37-21-9-6-10-22-37/h7-8,11,13-17,27,31H,3-6,9-10,12,18-24H2,1-2H3,(H2,34,36,41). The molecule has 3 aliphatic rings. The Kier molecular flexibility index (Phi) is 9.93. The van der Waals surface area contributed by atoms with Crippen molar-refractivity contribution in [3.8, 4) is 0 Å². The monoisotopic (exact) mass is 558 g/mol. The number of amides is 3. The van der Waals surface area contributed by atoms with Crippen molar-refractivity contribution >= 4 is 34.7 Å². The third-order valence-electron chi connectivity index (χ3n) is 8.63. The summed E-state index contributed by atoms with van der Waals surface area (Å²) in [7, 11) is 0. The van der Waals surface area contributed by atoms with E-state index in [1.165, 1.54) is 50.9 Å². The molecule has 2 fully saturated rings. The number of rotatable bonds is 9. The number of unbranched alkanes of at least 4 members (excludes halogenated alkanes) is 1. The minimum Gasteiger partial charge on any atom is -0.371 e. The minimum atomic E-state index is -0.971. The lowest BCUT2D eigenvalue weighted by Gasteiger charge is -2.41. The molecule has 1 atom stereocenters. The first-order chi connectivity index (χ1) is 20.1. The van der Waals surface area contributed by atoms with E-state index in [1.807, 2.05) is 36.4 Å². The number of benzodiazepines with no additional fused rings is 1. The molecule has 0 aromatic heterocycles. The third-order valence-corrected chi connectivity index (χ3v) is 8.63. The number of nitrogens with one attached hydrogen (secondary N) is 2. The van der Waals surface area contributed by atoms with Gasteiger partial charge in [-0.3, -0.25) is 9.79 Å². The Bertz CT molecular complexity index is 1200. The van der Waals surface area contributed by atoms with Gasteiger partial charge < -0.3 is 25.3 Å². The molecule has 0 saturated carbocycles. The van der Waals surface area contributed by atoms with Crippen LogP contribution in [0.3, 0.4) is 0 Å². The Balaban J connectivity index is 1.21. The van der Waals surface area contributed by atoms with Gasteiger partial charge in [-0.15, -0.1) is 0 Å². The van der Waals surface area contributed by atoms with Crippen molar-refractivity contribution in [2.24, 2.45) is 4.99 Å². The fourth-order valence-electron chi connectivity index (χ4n) is 6.41. The summed E-state index contributed by atoms with van der Waals surface area (Å²) in [6, 6.07) is 16.3. The van der Waals surface area contributed by atoms with Gasteiger partial charge in [0.15, 0.2) is 0 Å². The van der Waals surface area contributed by atoms with Gasteiger partial charge in [0.05, 0.1) is 5.69 Å². The van der Waals surface area contributed by atoms with E-state index in [4.69, 9.17) is 4.99 Å². The molecular weight excluding hydrogens is 512 g/mol. The number of hydrogen-bond acceptors (Lipinski definition) is 5. The topological polar surface area (TPSA) is 80.3 Å². The van der Waals surface area contributed by atoms with E-state index in [0.29, 0.717) is 18.3 Å². The molecule has 2 N–H and O–H groups in total. The number of fused-ring (bicyclic) bond motifs is 1. The first-order valence-electron chi connectivity index (χ1n) is 15.7. The first-order valence-corrected chi connectivity index (χ1v) is 15.7. The van der Waals surface area contributed by atoms with E-state index in [2.05, 4.69) is 46.4 Å². The van der Waals surface area contributed by atoms with Crippen LogP contribution in [0.2, 0.25) is 0 Å². The molecule has 41 heavy (non-hydrogen) atoms. The molecule has 3 aliphatic heterocycles. The number of benzene rings is 2. The lowest BCUT2D eigenvalue weighted by molar-refractivity contribution is -0.120. The van der Waals surface area contributed by atoms with Crippen LogP contribution in [0.5, 0.6) is 0 Å². The lowest BCUT2D eigenvalue weighted by Crippen LogP contribution is -2.48. The summed E-state index contributed by atoms with van der Waals surface area (Å²) in [5.74, 6) is -0.204. The number of likely N-dealkylation sites (tertiary alicyclic amines) is 1. The van der Waals surface area contributed by atoms with Gasteiger partial charge in [0.1, 0.15) is 0 Å². The second-order valence-corrected chi connectivity index (χ2v) is 11.5. The highest BCUT2D eigenvalue weighted by molar-refractivity contribution is 6.13. The largest absolute Gasteiger partial charge is 0.371 e. The van der Waals surface area contributed by atoms with E-state index in [-0.39, 0.29) is 5.91 Å². The molecule has 0 spiro atoms. The van der Waals surface area contributed by atoms with Gasteiger partial charge in [0.25, 0.3) is 5.91 Å². The number of piperidine rings is 2. The molecule has 8 nitrogen and oxygen atoms in total. The predicted octanol–water partition coefficient (Wildman–Crippen LogP) is 6.03. The van der Waals surface area contributed by atoms with Gasteiger partial charge in [-0.05, 0) is 88.4 Å². The Morgan fingerprint density at radius 1 is 0.927 bits per heavy atom. The van der Waals surface area contributed by atoms with Crippen LogP contribution in [0.4, 0.5) is 21.9 Å². The molecule has 0 radical (unpaired) electrons. The summed E-state index contributed by atoms with van der Waals surface area (Å²) < 4.78 is 0. The molecule has 5 rings (SSSR count). The maximum absolute atomic E-state index is 13.6. The quantitative estimate of drug-likeness (QED) is 0.394. The van der Waals surface area contributed by atoms with Gasteiger partial charge >= 0.3 is 6.03 Å². The zero-order chi connectivity index (χ0) is 28.6. The molecule has 2 aromatic rings. The molecule has 2 saturated heterocycles. The van der Waals surface area contributed by atoms with Crippen LogP contribution in [0.15, 0.2) is 53.5 Å². The van der Waals surface area contributed by atoms with Gasteiger partial charge in [-0.1, -0.05) is 44.9 Å². The van der Waals surface area contributed by atoms with E-state index in [1.54, 1.807) is 4.90 Å². The van der Waals surface area contributed by atoms with Crippen LogP contribution in [0, 0.1) is 0 Å². The number of para-hydroxylation sites is 1. The molecule has 220 valence electrons. The van der Waals surface area contributed by atoms with Crippen molar-refractivity contribution < 1.29 is 9.59 Å². The minimum absolute atomic E-state index is 0.204. The third kappa shape index (κ3) is 7.10. The summed E-state index contributed by atoms with van der Waals surface area (Å²) in [5.41, 5.74) is 4.59. The number of urea groups is 1. The summed E-state index contributed by atoms with van der Waals surface area (Å²) in [4.78, 5) is 38.4. The molecule has 2 aromatic carbocycles. The molecule has 8 heteroatoms. The lowest BCUT2D eigenvalue weighted by atomic mass is 9.99. The van der Waals surface area contributed by atoms with Crippen molar-refractivity contribution in [3.63, 3.8) is 0 Å². The number of carbonyl (C=O) groups is 2. The summed E-state index contributed by atoms with van der Waals surface area (Å²) >= 11 is 0. The molecular formula is C33H46N6O2. The van der Waals surface area contributed by atoms with E-state index in [0.717, 1.165) is 55.7 Å². The summed E-state index contributed by atoms with van der Waals surface area (Å²) in [6.07, 6.45) is 9.07. The SMILES string of the molecule is CCCCC1=NC(NC(=O)Nc2ccc(N3CCC(N4CCCCC4)CC3)cc2)C(=O)N(CCC)c2ccccc21. The summed E-state index contributed by atoms with van der Waals surface area (Å²) in [5, 5.41) is 5.78. The van der Waals surface area contributed by atoms with Crippen LogP contribution in [0.1, 0.15) is 77.2 Å². The van der Waals surface area contributed by atoms with Crippen LogP contribution >= 0.6 is 0 Å². The van der Waals surface area contributed by atoms with Crippen LogP contribution in [0.25, 0.3) is 0 Å². The highest BCUT2D eigenvalue weighted by atomic mass is 16.2. The Morgan fingerprint density at radius 2 is 1.66 bits per heavy atom. The van der Waals surface area contributed by atoms with Crippen LogP contribution < -0.4 is 20.4 Å². The van der Waals surface area contributed by atoms with Crippen LogP contribution in [-0.4, -0.2) is 67.5 Å². The van der Waals surface area contributed by atoms with Gasteiger partial charge in [-0.25, -0.2) is 4.79 Å². The molecule has 3 heterocycles. The van der Waals surface area contributed by atoms with E-state index >= 15 is 0 Å². The van der Waals surface area contributed by atoms with Crippen molar-refractivity contribution in [2.75, 3.05) is 47.8 Å². The predicted molar refractivity (Wildman–Crippen MR) is 168 cm³/mol. The highest BCUT2D eigenvalue weighted by Gasteiger charge is 2.32.